The molecule has 130 valence electrons. The number of aliphatic carboxylic acids is 1. The lowest BCUT2D eigenvalue weighted by molar-refractivity contribution is -0.138. The Labute approximate surface area is 140 Å². The molecule has 0 heterocycles. The number of carboxylic acids is 1. The average Bonchev–Trinajstić information content (AvgIpc) is 2.35. The number of rotatable bonds is 5. The van der Waals surface area contributed by atoms with Gasteiger partial charge in [0.15, 0.2) is 0 Å². The molecular weight excluding hydrogens is 355 g/mol. The average molecular weight is 372 g/mol. The molecule has 0 aromatic heterocycles. The second-order valence-corrected chi connectivity index (χ2v) is 8.29. The molecule has 2 atom stereocenters. The second kappa shape index (κ2) is 7.29. The van der Waals surface area contributed by atoms with Crippen molar-refractivity contribution in [2.45, 2.75) is 44.2 Å². The number of benzene rings is 1. The standard InChI is InChI=1S/C14H17ClF3NO3S/c1-13(2,3)23(22)19-11(7-12(20)21)9-6-8(14(16,17)18)4-5-10(9)15/h4-6,11,19H,7H2,1-3H3,(H,20,21)/t11-,23?/m0/s1. The second-order valence-electron chi connectivity index (χ2n) is 5.88. The fraction of sp³-hybridized carbons (Fsp3) is 0.500. The van der Waals surface area contributed by atoms with Crippen LogP contribution in [0.15, 0.2) is 18.2 Å². The first kappa shape index (κ1) is 20.1. The van der Waals surface area contributed by atoms with Crippen molar-refractivity contribution in [3.8, 4) is 0 Å². The molecule has 0 aliphatic rings. The maximum Gasteiger partial charge on any atom is 0.416 e. The van der Waals surface area contributed by atoms with E-state index in [4.69, 9.17) is 16.7 Å². The van der Waals surface area contributed by atoms with Crippen LogP contribution >= 0.6 is 11.6 Å². The van der Waals surface area contributed by atoms with Crippen LogP contribution in [0.5, 0.6) is 0 Å². The highest BCUT2D eigenvalue weighted by molar-refractivity contribution is 7.90. The lowest BCUT2D eigenvalue weighted by Gasteiger charge is -2.28. The molecule has 9 heteroatoms. The van der Waals surface area contributed by atoms with Crippen LogP contribution in [0.1, 0.15) is 44.4 Å². The summed E-state index contributed by atoms with van der Waals surface area (Å²) >= 11 is 4.25. The zero-order chi connectivity index (χ0) is 18.0. The topological polar surface area (TPSA) is 72.4 Å². The van der Waals surface area contributed by atoms with Crippen LogP contribution in [0.2, 0.25) is 5.02 Å². The van der Waals surface area contributed by atoms with Crippen LogP contribution in [0.3, 0.4) is 0 Å². The quantitative estimate of drug-likeness (QED) is 0.769. The van der Waals surface area contributed by atoms with E-state index in [1.165, 1.54) is 0 Å². The number of nitrogens with one attached hydrogen (secondary N) is 1. The SMILES string of the molecule is CC(C)(C)[S+]([O-])N[C@@H](CC(=O)O)c1cc(C(F)(F)F)ccc1Cl. The normalized spacial score (nSPS) is 15.3. The molecule has 0 fully saturated rings. The molecule has 1 aromatic rings. The van der Waals surface area contributed by atoms with Crippen LogP contribution < -0.4 is 4.72 Å². The summed E-state index contributed by atoms with van der Waals surface area (Å²) in [4.78, 5) is 11.0. The zero-order valence-corrected chi connectivity index (χ0v) is 14.3. The number of carboxylic acid groups (broad SMARTS) is 1. The molecule has 1 aromatic carbocycles. The molecule has 1 rings (SSSR count). The Bertz CT molecular complexity index is 575. The minimum atomic E-state index is -4.59. The lowest BCUT2D eigenvalue weighted by Crippen LogP contribution is -2.42. The number of hydrogen-bond donors (Lipinski definition) is 2. The summed E-state index contributed by atoms with van der Waals surface area (Å²) in [7, 11) is 0. The van der Waals surface area contributed by atoms with E-state index in [1.807, 2.05) is 0 Å². The maximum atomic E-state index is 12.8. The highest BCUT2D eigenvalue weighted by atomic mass is 35.5. The Kier molecular flexibility index (Phi) is 6.37. The van der Waals surface area contributed by atoms with Crippen molar-refractivity contribution in [2.24, 2.45) is 0 Å². The predicted octanol–water partition coefficient (Wildman–Crippen LogP) is 3.93. The van der Waals surface area contributed by atoms with E-state index in [9.17, 15) is 22.5 Å². The van der Waals surface area contributed by atoms with Gasteiger partial charge in [-0.3, -0.25) is 4.79 Å². The van der Waals surface area contributed by atoms with Crippen molar-refractivity contribution >= 4 is 28.9 Å². The van der Waals surface area contributed by atoms with Gasteiger partial charge in [-0.15, -0.1) is 4.72 Å². The molecule has 23 heavy (non-hydrogen) atoms. The molecule has 0 spiro atoms. The van der Waals surface area contributed by atoms with Crippen LogP contribution in [0.25, 0.3) is 0 Å². The Morgan fingerprint density at radius 3 is 2.39 bits per heavy atom. The van der Waals surface area contributed by atoms with Crippen molar-refractivity contribution in [3.05, 3.63) is 34.3 Å². The van der Waals surface area contributed by atoms with Gasteiger partial charge in [-0.1, -0.05) is 11.6 Å². The predicted molar refractivity (Wildman–Crippen MR) is 82.5 cm³/mol. The van der Waals surface area contributed by atoms with Crippen LogP contribution in [-0.4, -0.2) is 20.4 Å². The zero-order valence-electron chi connectivity index (χ0n) is 12.7. The lowest BCUT2D eigenvalue weighted by atomic mass is 10.0. The first-order valence-corrected chi connectivity index (χ1v) is 8.11. The number of halogens is 4. The summed E-state index contributed by atoms with van der Waals surface area (Å²) < 4.78 is 52.5. The van der Waals surface area contributed by atoms with Gasteiger partial charge in [-0.2, -0.15) is 13.2 Å². The van der Waals surface area contributed by atoms with Crippen molar-refractivity contribution in [1.82, 2.24) is 4.72 Å². The molecule has 1 unspecified atom stereocenters. The molecule has 0 aliphatic heterocycles. The van der Waals surface area contributed by atoms with E-state index in [2.05, 4.69) is 4.72 Å². The number of carbonyl (C=O) groups is 1. The van der Waals surface area contributed by atoms with Crippen LogP contribution in [0.4, 0.5) is 13.2 Å². The fourth-order valence-electron chi connectivity index (χ4n) is 1.68. The van der Waals surface area contributed by atoms with Gasteiger partial charge in [0.1, 0.15) is 4.75 Å². The monoisotopic (exact) mass is 371 g/mol. The Balaban J connectivity index is 3.24. The van der Waals surface area contributed by atoms with Gasteiger partial charge in [0.05, 0.1) is 18.0 Å². The van der Waals surface area contributed by atoms with E-state index in [1.54, 1.807) is 20.8 Å². The summed E-state index contributed by atoms with van der Waals surface area (Å²) in [5, 5.41) is 8.95. The third-order valence-electron chi connectivity index (χ3n) is 2.88. The number of hydrogen-bond acceptors (Lipinski definition) is 3. The van der Waals surface area contributed by atoms with Crippen molar-refractivity contribution in [3.63, 3.8) is 0 Å². The van der Waals surface area contributed by atoms with Crippen molar-refractivity contribution in [2.75, 3.05) is 0 Å². The van der Waals surface area contributed by atoms with Gasteiger partial charge in [0.2, 0.25) is 0 Å². The molecule has 0 radical (unpaired) electrons. The van der Waals surface area contributed by atoms with Gasteiger partial charge in [-0.05, 0) is 44.5 Å². The highest BCUT2D eigenvalue weighted by Crippen LogP contribution is 2.35. The van der Waals surface area contributed by atoms with Crippen LogP contribution in [-0.2, 0) is 22.3 Å². The summed E-state index contributed by atoms with van der Waals surface area (Å²) in [5.41, 5.74) is -1.00. The summed E-state index contributed by atoms with van der Waals surface area (Å²) in [6, 6.07) is 1.53. The Morgan fingerprint density at radius 1 is 1.39 bits per heavy atom. The van der Waals surface area contributed by atoms with Gasteiger partial charge >= 0.3 is 12.1 Å². The van der Waals surface area contributed by atoms with Gasteiger partial charge < -0.3 is 9.66 Å². The van der Waals surface area contributed by atoms with E-state index >= 15 is 0 Å². The molecular formula is C14H17ClF3NO3S. The smallest absolute Gasteiger partial charge is 0.416 e. The van der Waals surface area contributed by atoms with E-state index in [-0.39, 0.29) is 10.6 Å². The first-order valence-electron chi connectivity index (χ1n) is 6.59. The molecule has 4 nitrogen and oxygen atoms in total. The minimum absolute atomic E-state index is 0.0253. The summed E-state index contributed by atoms with van der Waals surface area (Å²) in [5.74, 6) is -1.25. The van der Waals surface area contributed by atoms with Crippen LogP contribution in [0, 0.1) is 0 Å². The number of alkyl halides is 3. The van der Waals surface area contributed by atoms with Gasteiger partial charge in [0, 0.05) is 16.4 Å². The third kappa shape index (κ3) is 5.87. The molecule has 0 bridgehead atoms. The largest absolute Gasteiger partial charge is 0.598 e. The summed E-state index contributed by atoms with van der Waals surface area (Å²) in [6.07, 6.45) is -5.14. The van der Waals surface area contributed by atoms with E-state index in [0.29, 0.717) is 0 Å². The van der Waals surface area contributed by atoms with E-state index in [0.717, 1.165) is 18.2 Å². The molecule has 0 saturated carbocycles. The first-order chi connectivity index (χ1) is 10.3. The van der Waals surface area contributed by atoms with Crippen molar-refractivity contribution < 1.29 is 27.6 Å². The minimum Gasteiger partial charge on any atom is -0.598 e. The Hall–Kier alpha value is -0.960. The molecule has 0 saturated heterocycles. The maximum absolute atomic E-state index is 12.8. The third-order valence-corrected chi connectivity index (χ3v) is 4.84. The molecule has 0 amide bonds. The van der Waals surface area contributed by atoms with E-state index < -0.39 is 46.3 Å². The molecule has 2 N–H and O–H groups in total. The highest BCUT2D eigenvalue weighted by Gasteiger charge is 2.35. The summed E-state index contributed by atoms with van der Waals surface area (Å²) in [6.45, 7) is 4.96. The van der Waals surface area contributed by atoms with Gasteiger partial charge in [0.25, 0.3) is 0 Å². The fourth-order valence-corrected chi connectivity index (χ4v) is 2.75. The molecule has 0 aliphatic carbocycles. The van der Waals surface area contributed by atoms with Gasteiger partial charge in [-0.25, -0.2) is 0 Å². The Morgan fingerprint density at radius 2 is 1.96 bits per heavy atom. The van der Waals surface area contributed by atoms with Crippen molar-refractivity contribution in [1.29, 1.82) is 0 Å².